The van der Waals surface area contributed by atoms with Crippen molar-refractivity contribution in [3.63, 3.8) is 0 Å². The van der Waals surface area contributed by atoms with E-state index >= 15 is 0 Å². The van der Waals surface area contributed by atoms with Gasteiger partial charge in [-0.15, -0.1) is 11.3 Å². The number of nitrogens with zero attached hydrogens (tertiary/aromatic N) is 2. The molecule has 0 fully saturated rings. The molecule has 0 saturated heterocycles. The van der Waals surface area contributed by atoms with Crippen molar-refractivity contribution >= 4 is 45.2 Å². The molecule has 0 aromatic carbocycles. The summed E-state index contributed by atoms with van der Waals surface area (Å²) in [6.45, 7) is 0.326. The predicted molar refractivity (Wildman–Crippen MR) is 66.1 cm³/mol. The highest BCUT2D eigenvalue weighted by atomic mass is 35.5. The van der Waals surface area contributed by atoms with Crippen LogP contribution in [0.1, 0.15) is 10.4 Å². The van der Waals surface area contributed by atoms with Crippen LogP contribution in [-0.2, 0) is 26.8 Å². The van der Waals surface area contributed by atoms with Crippen LogP contribution in [0.15, 0.2) is 6.33 Å². The molecule has 0 spiro atoms. The van der Waals surface area contributed by atoms with Gasteiger partial charge in [0.1, 0.15) is 28.8 Å². The molecule has 18 heavy (non-hydrogen) atoms. The first kappa shape index (κ1) is 11.6. The molecule has 3 rings (SSSR count). The zero-order valence-electron chi connectivity index (χ0n) is 9.05. The Labute approximate surface area is 111 Å². The quantitative estimate of drug-likeness (QED) is 0.852. The van der Waals surface area contributed by atoms with Gasteiger partial charge in [0.2, 0.25) is 0 Å². The zero-order valence-corrected chi connectivity index (χ0v) is 10.6. The third-order valence-corrected chi connectivity index (χ3v) is 4.11. The average Bonchev–Trinajstić information content (AvgIpc) is 2.76. The van der Waals surface area contributed by atoms with Gasteiger partial charge in [-0.1, -0.05) is 0 Å². The number of anilines is 1. The third-order valence-electron chi connectivity index (χ3n) is 2.84. The highest BCUT2D eigenvalue weighted by Crippen LogP contribution is 2.37. The van der Waals surface area contributed by atoms with Crippen LogP contribution in [0, 0.1) is 0 Å². The van der Waals surface area contributed by atoms with E-state index in [-0.39, 0.29) is 0 Å². The number of thiophene rings is 1. The minimum Gasteiger partial charge on any atom is -0.383 e. The highest BCUT2D eigenvalue weighted by Gasteiger charge is 2.30. The molecule has 1 atom stereocenters. The molecule has 2 aromatic rings. The summed E-state index contributed by atoms with van der Waals surface area (Å²) in [6.07, 6.45) is 1.09. The molecule has 3 heterocycles. The van der Waals surface area contributed by atoms with Gasteiger partial charge in [-0.25, -0.2) is 14.8 Å². The normalized spacial score (nSPS) is 18.6. The first-order valence-corrected chi connectivity index (χ1v) is 6.28. The minimum atomic E-state index is -0.701. The number of carbonyl (C=O) groups is 1. The number of hydrogen-bond acceptors (Lipinski definition) is 7. The fourth-order valence-electron chi connectivity index (χ4n) is 2.02. The van der Waals surface area contributed by atoms with Crippen molar-refractivity contribution in [1.82, 2.24) is 9.97 Å². The number of carbonyl (C=O) groups excluding carboxylic acids is 1. The molecule has 0 radical (unpaired) electrons. The molecule has 6 nitrogen and oxygen atoms in total. The predicted octanol–water partition coefficient (Wildman–Crippen LogP) is 1.41. The first-order chi connectivity index (χ1) is 8.70. The molecule has 0 amide bonds. The summed E-state index contributed by atoms with van der Waals surface area (Å²) < 4.78 is 9.56. The van der Waals surface area contributed by atoms with Crippen molar-refractivity contribution in [2.75, 3.05) is 5.73 Å². The Morgan fingerprint density at radius 2 is 2.44 bits per heavy atom. The lowest BCUT2D eigenvalue weighted by atomic mass is 10.0. The maximum absolute atomic E-state index is 11.4. The summed E-state index contributed by atoms with van der Waals surface area (Å²) in [5.74, 6) is -0.186. The zero-order chi connectivity index (χ0) is 12.7. The fourth-order valence-corrected chi connectivity index (χ4v) is 3.21. The van der Waals surface area contributed by atoms with Crippen LogP contribution in [0.2, 0.25) is 0 Å². The molecular weight excluding hydrogens is 278 g/mol. The van der Waals surface area contributed by atoms with Crippen molar-refractivity contribution in [3.8, 4) is 0 Å². The van der Waals surface area contributed by atoms with E-state index in [2.05, 4.69) is 14.3 Å². The number of aromatic nitrogens is 2. The van der Waals surface area contributed by atoms with Crippen molar-refractivity contribution in [2.45, 2.75) is 19.1 Å². The van der Waals surface area contributed by atoms with Gasteiger partial charge in [0.05, 0.1) is 12.0 Å². The smallest absolute Gasteiger partial charge is 0.353 e. The van der Waals surface area contributed by atoms with E-state index < -0.39 is 12.1 Å². The number of nitrogen functional groups attached to an aromatic ring is 1. The van der Waals surface area contributed by atoms with Gasteiger partial charge in [-0.05, 0) is 5.56 Å². The Balaban J connectivity index is 2.09. The second-order valence-electron chi connectivity index (χ2n) is 3.84. The lowest BCUT2D eigenvalue weighted by molar-refractivity contribution is -0.148. The Hall–Kier alpha value is -1.44. The van der Waals surface area contributed by atoms with E-state index in [9.17, 15) is 4.79 Å². The topological polar surface area (TPSA) is 87.3 Å². The Bertz CT molecular complexity index is 630. The molecule has 0 aliphatic carbocycles. The maximum atomic E-state index is 11.4. The summed E-state index contributed by atoms with van der Waals surface area (Å²) in [5.41, 5.74) is 6.80. The molecule has 8 heteroatoms. The van der Waals surface area contributed by atoms with E-state index in [1.165, 1.54) is 17.7 Å². The molecule has 1 aliphatic heterocycles. The van der Waals surface area contributed by atoms with Crippen LogP contribution in [0.25, 0.3) is 10.2 Å². The van der Waals surface area contributed by atoms with Crippen LogP contribution < -0.4 is 5.73 Å². The lowest BCUT2D eigenvalue weighted by Gasteiger charge is -2.20. The van der Waals surface area contributed by atoms with E-state index in [1.54, 1.807) is 0 Å². The molecule has 2 N–H and O–H groups in total. The summed E-state index contributed by atoms with van der Waals surface area (Å²) in [5, 5.41) is 0.799. The largest absolute Gasteiger partial charge is 0.383 e. The lowest BCUT2D eigenvalue weighted by Crippen LogP contribution is -2.30. The molecule has 1 aliphatic rings. The molecular formula is C10H8ClN3O3S. The van der Waals surface area contributed by atoms with Gasteiger partial charge in [-0.3, -0.25) is 0 Å². The second-order valence-corrected chi connectivity index (χ2v) is 5.08. The molecule has 2 aromatic heterocycles. The highest BCUT2D eigenvalue weighted by molar-refractivity contribution is 7.18. The van der Waals surface area contributed by atoms with Crippen molar-refractivity contribution in [1.29, 1.82) is 0 Å². The van der Waals surface area contributed by atoms with E-state index in [0.29, 0.717) is 18.8 Å². The maximum Gasteiger partial charge on any atom is 0.353 e. The van der Waals surface area contributed by atoms with Gasteiger partial charge in [0.15, 0.2) is 6.10 Å². The van der Waals surface area contributed by atoms with Crippen LogP contribution in [0.3, 0.4) is 0 Å². The number of nitrogens with two attached hydrogens (primary N) is 1. The Morgan fingerprint density at radius 1 is 1.61 bits per heavy atom. The molecule has 1 unspecified atom stereocenters. The second kappa shape index (κ2) is 4.34. The van der Waals surface area contributed by atoms with Crippen molar-refractivity contribution < 1.29 is 13.8 Å². The molecule has 0 bridgehead atoms. The van der Waals surface area contributed by atoms with Crippen molar-refractivity contribution in [3.05, 3.63) is 16.8 Å². The minimum absolute atomic E-state index is 0.326. The third kappa shape index (κ3) is 1.71. The Kier molecular flexibility index (Phi) is 2.81. The van der Waals surface area contributed by atoms with Crippen LogP contribution >= 0.6 is 23.2 Å². The monoisotopic (exact) mass is 285 g/mol. The van der Waals surface area contributed by atoms with Crippen molar-refractivity contribution in [2.24, 2.45) is 0 Å². The number of hydrogen-bond donors (Lipinski definition) is 1. The Morgan fingerprint density at radius 3 is 3.22 bits per heavy atom. The number of ether oxygens (including phenoxy) is 1. The summed E-state index contributed by atoms with van der Waals surface area (Å²) in [6, 6.07) is 0. The summed E-state index contributed by atoms with van der Waals surface area (Å²) in [4.78, 5) is 21.3. The number of rotatable bonds is 1. The van der Waals surface area contributed by atoms with Gasteiger partial charge < -0.3 is 14.8 Å². The first-order valence-electron chi connectivity index (χ1n) is 5.15. The van der Waals surface area contributed by atoms with Gasteiger partial charge in [0, 0.05) is 11.3 Å². The molecule has 94 valence electrons. The standard InChI is InChI=1S/C10H8ClN3O3S/c11-17-10(15)5-1-4-6(2-16-5)18-9-7(4)8(12)13-3-14-9/h3,5H,1-2H2,(H2,12,13,14). The van der Waals surface area contributed by atoms with Crippen LogP contribution in [0.5, 0.6) is 0 Å². The van der Waals surface area contributed by atoms with Gasteiger partial charge in [-0.2, -0.15) is 0 Å². The van der Waals surface area contributed by atoms with Gasteiger partial charge in [0.25, 0.3) is 0 Å². The van der Waals surface area contributed by atoms with E-state index in [0.717, 1.165) is 20.7 Å². The SMILES string of the molecule is Nc1ncnc2sc3c(c12)CC(C(=O)OCl)OC3. The number of halogens is 1. The average molecular weight is 286 g/mol. The summed E-state index contributed by atoms with van der Waals surface area (Å²) in [7, 11) is 0. The van der Waals surface area contributed by atoms with Crippen LogP contribution in [-0.4, -0.2) is 22.0 Å². The van der Waals surface area contributed by atoms with Gasteiger partial charge >= 0.3 is 5.97 Å². The summed E-state index contributed by atoms with van der Waals surface area (Å²) >= 11 is 6.55. The molecule has 0 saturated carbocycles. The van der Waals surface area contributed by atoms with E-state index in [1.807, 2.05) is 0 Å². The fraction of sp³-hybridized carbons (Fsp3) is 0.300. The number of fused-ring (bicyclic) bond motifs is 3. The van der Waals surface area contributed by atoms with Crippen LogP contribution in [0.4, 0.5) is 5.82 Å². The van der Waals surface area contributed by atoms with E-state index in [4.69, 9.17) is 22.3 Å².